The molecule has 1 N–H and O–H groups in total. The van der Waals surface area contributed by atoms with E-state index in [1.807, 2.05) is 0 Å². The first-order valence-corrected chi connectivity index (χ1v) is 8.74. The van der Waals surface area contributed by atoms with Gasteiger partial charge in [0, 0.05) is 11.6 Å². The van der Waals surface area contributed by atoms with Crippen molar-refractivity contribution in [2.75, 3.05) is 13.7 Å². The van der Waals surface area contributed by atoms with Gasteiger partial charge >= 0.3 is 0 Å². The number of para-hydroxylation sites is 1. The summed E-state index contributed by atoms with van der Waals surface area (Å²) in [4.78, 5) is 0. The monoisotopic (exact) mass is 289 g/mol. The molecule has 0 radical (unpaired) electrons. The molecule has 0 heterocycles. The van der Waals surface area contributed by atoms with E-state index in [2.05, 4.69) is 43.6 Å². The van der Waals surface area contributed by atoms with Crippen molar-refractivity contribution in [3.63, 3.8) is 0 Å². The molecule has 0 amide bonds. The lowest BCUT2D eigenvalue weighted by molar-refractivity contribution is 0.303. The maximum atomic E-state index is 5.94. The highest BCUT2D eigenvalue weighted by atomic mass is 16.5. The van der Waals surface area contributed by atoms with E-state index in [9.17, 15) is 0 Å². The van der Waals surface area contributed by atoms with Gasteiger partial charge in [0.15, 0.2) is 0 Å². The zero-order valence-corrected chi connectivity index (χ0v) is 13.7. The Labute approximate surface area is 130 Å². The van der Waals surface area contributed by atoms with Gasteiger partial charge in [-0.05, 0) is 31.9 Å². The summed E-state index contributed by atoms with van der Waals surface area (Å²) in [6.07, 6.45) is 10.8. The van der Waals surface area contributed by atoms with Gasteiger partial charge in [0.2, 0.25) is 0 Å². The van der Waals surface area contributed by atoms with Gasteiger partial charge in [-0.3, -0.25) is 0 Å². The van der Waals surface area contributed by atoms with Crippen LogP contribution in [-0.4, -0.2) is 13.7 Å². The molecular weight excluding hydrogens is 258 g/mol. The minimum Gasteiger partial charge on any atom is -0.493 e. The lowest BCUT2D eigenvalue weighted by Gasteiger charge is -2.24. The van der Waals surface area contributed by atoms with Crippen molar-refractivity contribution < 1.29 is 4.74 Å². The van der Waals surface area contributed by atoms with Crippen LogP contribution in [0.1, 0.15) is 69.9 Å². The standard InChI is InChI=1S/C19H31NO/c1-3-14-21-19-13-9-8-12-17(19)18(20-2)15-16-10-6-4-5-7-11-16/h8-9,12-13,16,18,20H,3-7,10-11,14-15H2,1-2H3. The Morgan fingerprint density at radius 1 is 1.14 bits per heavy atom. The summed E-state index contributed by atoms with van der Waals surface area (Å²) in [5, 5.41) is 3.52. The van der Waals surface area contributed by atoms with E-state index in [0.29, 0.717) is 6.04 Å². The first-order valence-electron chi connectivity index (χ1n) is 8.74. The van der Waals surface area contributed by atoms with Gasteiger partial charge < -0.3 is 10.1 Å². The second-order valence-electron chi connectivity index (χ2n) is 6.32. The Hall–Kier alpha value is -1.02. The van der Waals surface area contributed by atoms with Crippen molar-refractivity contribution in [2.45, 2.75) is 64.3 Å². The smallest absolute Gasteiger partial charge is 0.124 e. The third-order valence-corrected chi connectivity index (χ3v) is 4.65. The maximum absolute atomic E-state index is 5.94. The average molecular weight is 289 g/mol. The highest BCUT2D eigenvalue weighted by molar-refractivity contribution is 5.36. The molecule has 0 aromatic heterocycles. The molecule has 1 aliphatic carbocycles. The van der Waals surface area contributed by atoms with E-state index in [4.69, 9.17) is 4.74 Å². The van der Waals surface area contributed by atoms with Crippen LogP contribution in [0.25, 0.3) is 0 Å². The maximum Gasteiger partial charge on any atom is 0.124 e. The summed E-state index contributed by atoms with van der Waals surface area (Å²) in [6, 6.07) is 8.96. The molecule has 1 atom stereocenters. The highest BCUT2D eigenvalue weighted by Gasteiger charge is 2.20. The highest BCUT2D eigenvalue weighted by Crippen LogP contribution is 2.34. The molecule has 2 heteroatoms. The molecule has 1 aromatic rings. The summed E-state index contributed by atoms with van der Waals surface area (Å²) < 4.78 is 5.94. The van der Waals surface area contributed by atoms with Gasteiger partial charge in [0.1, 0.15) is 5.75 Å². The number of hydrogen-bond donors (Lipinski definition) is 1. The second kappa shape index (κ2) is 9.09. The molecule has 0 aliphatic heterocycles. The van der Waals surface area contributed by atoms with Crippen molar-refractivity contribution in [3.05, 3.63) is 29.8 Å². The van der Waals surface area contributed by atoms with Gasteiger partial charge in [-0.2, -0.15) is 0 Å². The molecule has 1 fully saturated rings. The van der Waals surface area contributed by atoms with Crippen LogP contribution < -0.4 is 10.1 Å². The zero-order chi connectivity index (χ0) is 14.9. The molecule has 2 nitrogen and oxygen atoms in total. The minimum atomic E-state index is 0.418. The predicted molar refractivity (Wildman–Crippen MR) is 89.8 cm³/mol. The van der Waals surface area contributed by atoms with Gasteiger partial charge in [-0.25, -0.2) is 0 Å². The minimum absolute atomic E-state index is 0.418. The summed E-state index contributed by atoms with van der Waals surface area (Å²) >= 11 is 0. The Morgan fingerprint density at radius 2 is 1.86 bits per heavy atom. The fraction of sp³-hybridized carbons (Fsp3) is 0.684. The van der Waals surface area contributed by atoms with E-state index in [1.54, 1.807) is 0 Å². The summed E-state index contributed by atoms with van der Waals surface area (Å²) in [7, 11) is 2.08. The topological polar surface area (TPSA) is 21.3 Å². The SMILES string of the molecule is CCCOc1ccccc1C(CC1CCCCCC1)NC. The first kappa shape index (κ1) is 16.4. The van der Waals surface area contributed by atoms with Crippen LogP contribution in [0.3, 0.4) is 0 Å². The van der Waals surface area contributed by atoms with Crippen molar-refractivity contribution in [3.8, 4) is 5.75 Å². The second-order valence-corrected chi connectivity index (χ2v) is 6.32. The van der Waals surface area contributed by atoms with E-state index < -0.39 is 0 Å². The molecule has 118 valence electrons. The molecule has 21 heavy (non-hydrogen) atoms. The van der Waals surface area contributed by atoms with Crippen LogP contribution >= 0.6 is 0 Å². The van der Waals surface area contributed by atoms with Crippen molar-refractivity contribution in [1.82, 2.24) is 5.32 Å². The number of ether oxygens (including phenoxy) is 1. The Balaban J connectivity index is 2.05. The number of rotatable bonds is 7. The van der Waals surface area contributed by atoms with Crippen molar-refractivity contribution in [2.24, 2.45) is 5.92 Å². The van der Waals surface area contributed by atoms with Crippen LogP contribution in [0.5, 0.6) is 5.75 Å². The number of hydrogen-bond acceptors (Lipinski definition) is 2. The van der Waals surface area contributed by atoms with Crippen molar-refractivity contribution >= 4 is 0 Å². The largest absolute Gasteiger partial charge is 0.493 e. The van der Waals surface area contributed by atoms with Crippen LogP contribution in [-0.2, 0) is 0 Å². The number of nitrogens with one attached hydrogen (secondary N) is 1. The molecule has 1 aromatic carbocycles. The van der Waals surface area contributed by atoms with Crippen LogP contribution in [0.15, 0.2) is 24.3 Å². The molecule has 0 saturated heterocycles. The van der Waals surface area contributed by atoms with Crippen LogP contribution in [0.2, 0.25) is 0 Å². The average Bonchev–Trinajstić information content (AvgIpc) is 2.79. The van der Waals surface area contributed by atoms with E-state index >= 15 is 0 Å². The quantitative estimate of drug-likeness (QED) is 0.705. The third kappa shape index (κ3) is 5.03. The van der Waals surface area contributed by atoms with Crippen LogP contribution in [0.4, 0.5) is 0 Å². The molecule has 1 aliphatic rings. The third-order valence-electron chi connectivity index (χ3n) is 4.65. The summed E-state index contributed by atoms with van der Waals surface area (Å²) in [6.45, 7) is 2.96. The van der Waals surface area contributed by atoms with Crippen LogP contribution in [0, 0.1) is 5.92 Å². The Bertz CT molecular complexity index is 396. The number of benzene rings is 1. The molecule has 0 spiro atoms. The fourth-order valence-corrected chi connectivity index (χ4v) is 3.45. The molecule has 2 rings (SSSR count). The summed E-state index contributed by atoms with van der Waals surface area (Å²) in [5.41, 5.74) is 1.33. The predicted octanol–water partition coefficient (Wildman–Crippen LogP) is 5.10. The van der Waals surface area contributed by atoms with Gasteiger partial charge in [0.25, 0.3) is 0 Å². The molecule has 1 unspecified atom stereocenters. The van der Waals surface area contributed by atoms with Crippen molar-refractivity contribution in [1.29, 1.82) is 0 Å². The molecule has 0 bridgehead atoms. The van der Waals surface area contributed by atoms with Gasteiger partial charge in [-0.1, -0.05) is 63.6 Å². The lowest BCUT2D eigenvalue weighted by atomic mass is 9.89. The Kier molecular flexibility index (Phi) is 7.08. The normalized spacial score (nSPS) is 18.2. The first-order chi connectivity index (χ1) is 10.3. The van der Waals surface area contributed by atoms with E-state index in [-0.39, 0.29) is 0 Å². The fourth-order valence-electron chi connectivity index (χ4n) is 3.45. The Morgan fingerprint density at radius 3 is 2.52 bits per heavy atom. The lowest BCUT2D eigenvalue weighted by Crippen LogP contribution is -2.21. The molecular formula is C19H31NO. The van der Waals surface area contributed by atoms with E-state index in [0.717, 1.165) is 24.7 Å². The summed E-state index contributed by atoms with van der Waals surface area (Å²) in [5.74, 6) is 1.93. The zero-order valence-electron chi connectivity index (χ0n) is 13.7. The molecule has 1 saturated carbocycles. The van der Waals surface area contributed by atoms with Gasteiger partial charge in [0.05, 0.1) is 6.61 Å². The van der Waals surface area contributed by atoms with Gasteiger partial charge in [-0.15, -0.1) is 0 Å². The van der Waals surface area contributed by atoms with E-state index in [1.165, 1.54) is 50.5 Å².